The van der Waals surface area contributed by atoms with Crippen molar-refractivity contribution in [2.45, 2.75) is 50.1 Å². The lowest BCUT2D eigenvalue weighted by atomic mass is 9.83. The molecule has 34 heavy (non-hydrogen) atoms. The first-order valence-corrected chi connectivity index (χ1v) is 11.6. The monoisotopic (exact) mass is 460 g/mol. The molecule has 3 N–H and O–H groups in total. The normalized spacial score (nSPS) is 19.7. The van der Waals surface area contributed by atoms with Gasteiger partial charge in [0.15, 0.2) is 0 Å². The van der Waals surface area contributed by atoms with Crippen LogP contribution in [0.2, 0.25) is 0 Å². The summed E-state index contributed by atoms with van der Waals surface area (Å²) in [7, 11) is 0. The zero-order valence-electron chi connectivity index (χ0n) is 18.8. The van der Waals surface area contributed by atoms with Crippen LogP contribution in [0, 0.1) is 18.3 Å². The van der Waals surface area contributed by atoms with E-state index in [-0.39, 0.29) is 18.9 Å². The van der Waals surface area contributed by atoms with Crippen LogP contribution in [0.15, 0.2) is 48.5 Å². The number of nitrogens with one attached hydrogen (secondary N) is 2. The number of ether oxygens (including phenoxy) is 1. The summed E-state index contributed by atoms with van der Waals surface area (Å²) in [5.74, 6) is 0.0991. The standard InChI is InChI=1S/C27H28N2O5/c1-2-9-24(26(31)32)28-25(30)21-14-7-8-15-23(21)29-27(33)34-16-22-19-12-5-3-10-17(19)18-11-4-6-13-20(18)22/h1,3-6,10-13,21-24H,7-9,14-16H2,(H,28,30)(H,29,33)(H,31,32)/t21-,23+,24?/m1/s1. The van der Waals surface area contributed by atoms with Crippen LogP contribution >= 0.6 is 0 Å². The van der Waals surface area contributed by atoms with Crippen molar-refractivity contribution in [2.75, 3.05) is 6.61 Å². The lowest BCUT2D eigenvalue weighted by molar-refractivity contribution is -0.142. The second-order valence-electron chi connectivity index (χ2n) is 8.77. The molecule has 0 aliphatic heterocycles. The Bertz CT molecular complexity index is 1080. The van der Waals surface area contributed by atoms with Crippen LogP contribution in [0.5, 0.6) is 0 Å². The number of hydrogen-bond donors (Lipinski definition) is 3. The highest BCUT2D eigenvalue weighted by molar-refractivity contribution is 5.86. The Balaban J connectivity index is 1.39. The van der Waals surface area contributed by atoms with Crippen LogP contribution in [0.25, 0.3) is 11.1 Å². The average molecular weight is 461 g/mol. The number of carbonyl (C=O) groups excluding carboxylic acids is 2. The average Bonchev–Trinajstić information content (AvgIpc) is 3.16. The molecule has 7 heteroatoms. The van der Waals surface area contributed by atoms with Crippen LogP contribution in [0.4, 0.5) is 4.79 Å². The third kappa shape index (κ3) is 4.91. The van der Waals surface area contributed by atoms with Crippen molar-refractivity contribution in [3.8, 4) is 23.5 Å². The van der Waals surface area contributed by atoms with E-state index in [4.69, 9.17) is 11.2 Å². The Labute approximate surface area is 198 Å². The van der Waals surface area contributed by atoms with Gasteiger partial charge in [0.1, 0.15) is 12.6 Å². The number of carboxylic acid groups (broad SMARTS) is 1. The molecule has 0 spiro atoms. The van der Waals surface area contributed by atoms with Crippen molar-refractivity contribution in [1.82, 2.24) is 10.6 Å². The Kier molecular flexibility index (Phi) is 7.17. The minimum absolute atomic E-state index is 0.0521. The van der Waals surface area contributed by atoms with Crippen LogP contribution in [0.1, 0.15) is 49.1 Å². The fourth-order valence-electron chi connectivity index (χ4n) is 5.01. The van der Waals surface area contributed by atoms with Gasteiger partial charge in [0.25, 0.3) is 0 Å². The first kappa shape index (κ1) is 23.4. The molecule has 2 amide bonds. The molecule has 4 rings (SSSR count). The number of amides is 2. The maximum absolute atomic E-state index is 12.8. The highest BCUT2D eigenvalue weighted by atomic mass is 16.5. The molecule has 3 atom stereocenters. The van der Waals surface area contributed by atoms with Crippen molar-refractivity contribution >= 4 is 18.0 Å². The van der Waals surface area contributed by atoms with Gasteiger partial charge in [-0.05, 0) is 35.1 Å². The fourth-order valence-corrected chi connectivity index (χ4v) is 5.01. The highest BCUT2D eigenvalue weighted by Gasteiger charge is 2.35. The van der Waals surface area contributed by atoms with Gasteiger partial charge in [-0.2, -0.15) is 0 Å². The van der Waals surface area contributed by atoms with E-state index in [0.717, 1.165) is 35.1 Å². The zero-order valence-corrected chi connectivity index (χ0v) is 18.8. The van der Waals surface area contributed by atoms with Gasteiger partial charge in [-0.3, -0.25) is 4.79 Å². The molecule has 1 saturated carbocycles. The molecule has 0 radical (unpaired) electrons. The third-order valence-electron chi connectivity index (χ3n) is 6.69. The van der Waals surface area contributed by atoms with Crippen LogP contribution in [-0.4, -0.2) is 41.8 Å². The number of alkyl carbamates (subject to hydrolysis) is 1. The molecule has 0 saturated heterocycles. The van der Waals surface area contributed by atoms with Crippen molar-refractivity contribution in [3.05, 3.63) is 59.7 Å². The summed E-state index contributed by atoms with van der Waals surface area (Å²) in [5.41, 5.74) is 4.55. The second-order valence-corrected chi connectivity index (χ2v) is 8.77. The molecule has 7 nitrogen and oxygen atoms in total. The van der Waals surface area contributed by atoms with E-state index in [9.17, 15) is 19.5 Å². The molecule has 2 aliphatic carbocycles. The minimum atomic E-state index is -1.18. The smallest absolute Gasteiger partial charge is 0.407 e. The molecule has 0 aromatic heterocycles. The topological polar surface area (TPSA) is 105 Å². The second kappa shape index (κ2) is 10.4. The van der Waals surface area contributed by atoms with E-state index in [1.807, 2.05) is 24.3 Å². The Morgan fingerprint density at radius 2 is 1.65 bits per heavy atom. The van der Waals surface area contributed by atoms with E-state index >= 15 is 0 Å². The molecule has 176 valence electrons. The summed E-state index contributed by atoms with van der Waals surface area (Å²) in [6.07, 6.45) is 7.41. The van der Waals surface area contributed by atoms with E-state index in [2.05, 4.69) is 40.8 Å². The minimum Gasteiger partial charge on any atom is -0.480 e. The van der Waals surface area contributed by atoms with E-state index in [0.29, 0.717) is 12.8 Å². The van der Waals surface area contributed by atoms with Crippen LogP contribution in [0.3, 0.4) is 0 Å². The summed E-state index contributed by atoms with van der Waals surface area (Å²) in [6, 6.07) is 14.6. The molecule has 1 fully saturated rings. The SMILES string of the molecule is C#CCC(NC(=O)[C@@H]1CCCC[C@@H]1NC(=O)OCC1c2ccccc2-c2ccccc21)C(=O)O. The summed E-state index contributed by atoms with van der Waals surface area (Å²) >= 11 is 0. The summed E-state index contributed by atoms with van der Waals surface area (Å²) in [6.45, 7) is 0.187. The fraction of sp³-hybridized carbons (Fsp3) is 0.370. The number of benzene rings is 2. The maximum Gasteiger partial charge on any atom is 0.407 e. The van der Waals surface area contributed by atoms with E-state index in [1.54, 1.807) is 0 Å². The van der Waals surface area contributed by atoms with Gasteiger partial charge in [-0.25, -0.2) is 9.59 Å². The molecule has 2 aromatic carbocycles. The number of carboxylic acids is 1. The van der Waals surface area contributed by atoms with Gasteiger partial charge in [0.2, 0.25) is 5.91 Å². The number of hydrogen-bond acceptors (Lipinski definition) is 4. The van der Waals surface area contributed by atoms with Gasteiger partial charge in [-0.1, -0.05) is 61.4 Å². The molecule has 2 aromatic rings. The van der Waals surface area contributed by atoms with Gasteiger partial charge in [0.05, 0.1) is 5.92 Å². The number of terminal acetylenes is 1. The first-order chi connectivity index (χ1) is 16.5. The predicted octanol–water partition coefficient (Wildman–Crippen LogP) is 3.68. The molecule has 0 bridgehead atoms. The van der Waals surface area contributed by atoms with Gasteiger partial charge in [-0.15, -0.1) is 12.3 Å². The Morgan fingerprint density at radius 3 is 2.26 bits per heavy atom. The largest absolute Gasteiger partial charge is 0.480 e. The van der Waals surface area contributed by atoms with Crippen molar-refractivity contribution < 1.29 is 24.2 Å². The molecule has 2 aliphatic rings. The summed E-state index contributed by atoms with van der Waals surface area (Å²) in [4.78, 5) is 36.8. The molecular weight excluding hydrogens is 432 g/mol. The number of fused-ring (bicyclic) bond motifs is 3. The van der Waals surface area contributed by atoms with Crippen LogP contribution < -0.4 is 10.6 Å². The van der Waals surface area contributed by atoms with Gasteiger partial charge < -0.3 is 20.5 Å². The number of carbonyl (C=O) groups is 3. The predicted molar refractivity (Wildman–Crippen MR) is 127 cm³/mol. The van der Waals surface area contributed by atoms with Crippen molar-refractivity contribution in [1.29, 1.82) is 0 Å². The van der Waals surface area contributed by atoms with Crippen LogP contribution in [-0.2, 0) is 14.3 Å². The van der Waals surface area contributed by atoms with E-state index < -0.39 is 36.0 Å². The highest BCUT2D eigenvalue weighted by Crippen LogP contribution is 2.44. The maximum atomic E-state index is 12.8. The molecule has 1 unspecified atom stereocenters. The summed E-state index contributed by atoms with van der Waals surface area (Å²) in [5, 5.41) is 14.6. The zero-order chi connectivity index (χ0) is 24.1. The summed E-state index contributed by atoms with van der Waals surface area (Å²) < 4.78 is 5.63. The lowest BCUT2D eigenvalue weighted by Gasteiger charge is -2.31. The van der Waals surface area contributed by atoms with E-state index in [1.165, 1.54) is 0 Å². The number of rotatable bonds is 7. The van der Waals surface area contributed by atoms with Gasteiger partial charge >= 0.3 is 12.1 Å². The quantitative estimate of drug-likeness (QED) is 0.547. The number of aliphatic carboxylic acids is 1. The van der Waals surface area contributed by atoms with Gasteiger partial charge in [0, 0.05) is 18.4 Å². The lowest BCUT2D eigenvalue weighted by Crippen LogP contribution is -2.51. The molecule has 0 heterocycles. The molecular formula is C27H28N2O5. The third-order valence-corrected chi connectivity index (χ3v) is 6.69. The van der Waals surface area contributed by atoms with Crippen molar-refractivity contribution in [2.24, 2.45) is 5.92 Å². The first-order valence-electron chi connectivity index (χ1n) is 11.6. The Morgan fingerprint density at radius 1 is 1.03 bits per heavy atom. The Hall–Kier alpha value is -3.79. The van der Waals surface area contributed by atoms with Crippen molar-refractivity contribution in [3.63, 3.8) is 0 Å².